The Balaban J connectivity index is 2.22. The van der Waals surface area contributed by atoms with Crippen molar-refractivity contribution in [2.75, 3.05) is 19.6 Å². The highest BCUT2D eigenvalue weighted by atomic mass is 15.0. The lowest BCUT2D eigenvalue weighted by Gasteiger charge is -2.39. The van der Waals surface area contributed by atoms with Crippen molar-refractivity contribution in [1.82, 2.24) is 10.6 Å². The largest absolute Gasteiger partial charge is 0.317 e. The maximum absolute atomic E-state index is 3.79. The summed E-state index contributed by atoms with van der Waals surface area (Å²) in [6, 6.07) is 10.8. The van der Waals surface area contributed by atoms with E-state index < -0.39 is 0 Å². The summed E-state index contributed by atoms with van der Waals surface area (Å²) in [5.41, 5.74) is 1.54. The molecule has 1 saturated heterocycles. The highest BCUT2D eigenvalue weighted by molar-refractivity contribution is 5.25. The Morgan fingerprint density at radius 1 is 1.25 bits per heavy atom. The molecule has 0 amide bonds. The minimum atomic E-state index is 0.140. The molecule has 0 spiro atoms. The van der Waals surface area contributed by atoms with Crippen molar-refractivity contribution in [3.8, 4) is 0 Å². The van der Waals surface area contributed by atoms with Crippen LogP contribution >= 0.6 is 0 Å². The minimum absolute atomic E-state index is 0.140. The molecule has 2 heteroatoms. The van der Waals surface area contributed by atoms with Gasteiger partial charge in [-0.05, 0) is 31.5 Å². The van der Waals surface area contributed by atoms with E-state index in [1.165, 1.54) is 5.56 Å². The van der Waals surface area contributed by atoms with Crippen LogP contribution < -0.4 is 10.6 Å². The van der Waals surface area contributed by atoms with Crippen LogP contribution in [0.1, 0.15) is 18.4 Å². The second-order valence-electron chi connectivity index (χ2n) is 4.37. The lowest BCUT2D eigenvalue weighted by atomic mass is 9.81. The molecule has 1 fully saturated rings. The summed E-state index contributed by atoms with van der Waals surface area (Å²) in [6.45, 7) is 6.83. The Labute approximate surface area is 97.8 Å². The molecule has 0 aliphatic carbocycles. The lowest BCUT2D eigenvalue weighted by molar-refractivity contribution is 0.255. The van der Waals surface area contributed by atoms with Crippen molar-refractivity contribution in [2.45, 2.75) is 18.4 Å². The molecular formula is C14H20N2. The molecule has 1 aromatic carbocycles. The molecule has 2 nitrogen and oxygen atoms in total. The van der Waals surface area contributed by atoms with Gasteiger partial charge in [0.2, 0.25) is 0 Å². The number of benzene rings is 1. The third-order valence-electron chi connectivity index (χ3n) is 3.37. The van der Waals surface area contributed by atoms with E-state index in [4.69, 9.17) is 0 Å². The first-order chi connectivity index (χ1) is 7.87. The molecule has 0 aromatic heterocycles. The highest BCUT2D eigenvalue weighted by Crippen LogP contribution is 2.30. The molecule has 86 valence electrons. The van der Waals surface area contributed by atoms with Crippen molar-refractivity contribution in [3.05, 3.63) is 48.6 Å². The van der Waals surface area contributed by atoms with Gasteiger partial charge in [0.25, 0.3) is 0 Å². The molecule has 1 heterocycles. The van der Waals surface area contributed by atoms with Crippen LogP contribution in [0.5, 0.6) is 0 Å². The first-order valence-corrected chi connectivity index (χ1v) is 5.99. The third-order valence-corrected chi connectivity index (χ3v) is 3.37. The van der Waals surface area contributed by atoms with Crippen molar-refractivity contribution < 1.29 is 0 Å². The molecule has 1 aliphatic rings. The molecule has 0 bridgehead atoms. The molecule has 0 unspecified atom stereocenters. The second kappa shape index (κ2) is 5.28. The minimum Gasteiger partial charge on any atom is -0.317 e. The van der Waals surface area contributed by atoms with E-state index in [1.807, 2.05) is 6.08 Å². The Hall–Kier alpha value is -1.12. The van der Waals surface area contributed by atoms with Crippen LogP contribution in [0.3, 0.4) is 0 Å². The standard InChI is InChI=1S/C14H20N2/c1-2-10-16-14(8-11-15-12-9-14)13-6-4-3-5-7-13/h2-7,15-16H,1,8-12H2. The maximum Gasteiger partial charge on any atom is 0.0461 e. The van der Waals surface area contributed by atoms with Gasteiger partial charge in [0.05, 0.1) is 0 Å². The lowest BCUT2D eigenvalue weighted by Crippen LogP contribution is -2.49. The van der Waals surface area contributed by atoms with Crippen LogP contribution in [0.4, 0.5) is 0 Å². The maximum atomic E-state index is 3.79. The number of hydrogen-bond acceptors (Lipinski definition) is 2. The summed E-state index contributed by atoms with van der Waals surface area (Å²) in [4.78, 5) is 0. The molecular weight excluding hydrogens is 196 g/mol. The van der Waals surface area contributed by atoms with Crippen molar-refractivity contribution in [2.24, 2.45) is 0 Å². The van der Waals surface area contributed by atoms with Gasteiger partial charge < -0.3 is 10.6 Å². The van der Waals surface area contributed by atoms with E-state index >= 15 is 0 Å². The van der Waals surface area contributed by atoms with Gasteiger partial charge in [0, 0.05) is 12.1 Å². The van der Waals surface area contributed by atoms with Crippen molar-refractivity contribution in [3.63, 3.8) is 0 Å². The van der Waals surface area contributed by atoms with E-state index in [1.54, 1.807) is 0 Å². The van der Waals surface area contributed by atoms with E-state index in [2.05, 4.69) is 47.5 Å². The second-order valence-corrected chi connectivity index (χ2v) is 4.37. The number of hydrogen-bond donors (Lipinski definition) is 2. The molecule has 1 aliphatic heterocycles. The van der Waals surface area contributed by atoms with Gasteiger partial charge >= 0.3 is 0 Å². The fourth-order valence-corrected chi connectivity index (χ4v) is 2.45. The molecule has 2 rings (SSSR count). The van der Waals surface area contributed by atoms with E-state index in [0.717, 1.165) is 32.5 Å². The van der Waals surface area contributed by atoms with Crippen LogP contribution in [0.2, 0.25) is 0 Å². The van der Waals surface area contributed by atoms with Gasteiger partial charge in [-0.25, -0.2) is 0 Å². The zero-order valence-corrected chi connectivity index (χ0v) is 9.71. The highest BCUT2D eigenvalue weighted by Gasteiger charge is 2.32. The molecule has 0 saturated carbocycles. The first kappa shape index (κ1) is 11.4. The Morgan fingerprint density at radius 3 is 2.56 bits per heavy atom. The van der Waals surface area contributed by atoms with Crippen LogP contribution in [0.25, 0.3) is 0 Å². The monoisotopic (exact) mass is 216 g/mol. The summed E-state index contributed by atoms with van der Waals surface area (Å²) in [7, 11) is 0. The first-order valence-electron chi connectivity index (χ1n) is 5.99. The summed E-state index contributed by atoms with van der Waals surface area (Å²) in [5.74, 6) is 0. The van der Waals surface area contributed by atoms with Crippen LogP contribution in [0.15, 0.2) is 43.0 Å². The van der Waals surface area contributed by atoms with Gasteiger partial charge in [-0.2, -0.15) is 0 Å². The van der Waals surface area contributed by atoms with Gasteiger partial charge in [-0.1, -0.05) is 36.4 Å². The van der Waals surface area contributed by atoms with E-state index in [9.17, 15) is 0 Å². The van der Waals surface area contributed by atoms with E-state index in [-0.39, 0.29) is 5.54 Å². The average Bonchev–Trinajstić information content (AvgIpc) is 2.38. The van der Waals surface area contributed by atoms with Gasteiger partial charge in [-0.3, -0.25) is 0 Å². The fourth-order valence-electron chi connectivity index (χ4n) is 2.45. The summed E-state index contributed by atoms with van der Waals surface area (Å²) in [6.07, 6.45) is 4.22. The topological polar surface area (TPSA) is 24.1 Å². The van der Waals surface area contributed by atoms with Gasteiger partial charge in [-0.15, -0.1) is 6.58 Å². The normalized spacial score (nSPS) is 19.2. The Morgan fingerprint density at radius 2 is 1.94 bits per heavy atom. The molecule has 0 atom stereocenters. The van der Waals surface area contributed by atoms with Gasteiger partial charge in [0.1, 0.15) is 0 Å². The van der Waals surface area contributed by atoms with Crippen LogP contribution in [-0.2, 0) is 5.54 Å². The predicted molar refractivity (Wildman–Crippen MR) is 68.4 cm³/mol. The zero-order valence-electron chi connectivity index (χ0n) is 9.71. The zero-order chi connectivity index (χ0) is 11.3. The SMILES string of the molecule is C=CCNC1(c2ccccc2)CCNCC1. The number of nitrogens with one attached hydrogen (secondary N) is 2. The average molecular weight is 216 g/mol. The molecule has 0 radical (unpaired) electrons. The van der Waals surface area contributed by atoms with Crippen molar-refractivity contribution >= 4 is 0 Å². The Bertz CT molecular complexity index is 326. The fraction of sp³-hybridized carbons (Fsp3) is 0.429. The van der Waals surface area contributed by atoms with Gasteiger partial charge in [0.15, 0.2) is 0 Å². The van der Waals surface area contributed by atoms with Crippen LogP contribution in [-0.4, -0.2) is 19.6 Å². The van der Waals surface area contributed by atoms with Crippen LogP contribution in [0, 0.1) is 0 Å². The smallest absolute Gasteiger partial charge is 0.0461 e. The molecule has 2 N–H and O–H groups in total. The summed E-state index contributed by atoms with van der Waals surface area (Å²) < 4.78 is 0. The third kappa shape index (κ3) is 2.34. The Kier molecular flexibility index (Phi) is 3.75. The number of rotatable bonds is 4. The van der Waals surface area contributed by atoms with E-state index in [0.29, 0.717) is 0 Å². The predicted octanol–water partition coefficient (Wildman–Crippen LogP) is 2.04. The summed E-state index contributed by atoms with van der Waals surface area (Å²) >= 11 is 0. The van der Waals surface area contributed by atoms with Crippen molar-refractivity contribution in [1.29, 1.82) is 0 Å². The quantitative estimate of drug-likeness (QED) is 0.753. The summed E-state index contributed by atoms with van der Waals surface area (Å²) in [5, 5.41) is 7.06. The molecule has 16 heavy (non-hydrogen) atoms. The number of piperidine rings is 1. The molecule has 1 aromatic rings.